The highest BCUT2D eigenvalue weighted by atomic mass is 16.5. The molecule has 0 spiro atoms. The highest BCUT2D eigenvalue weighted by molar-refractivity contribution is 4.78. The van der Waals surface area contributed by atoms with Crippen molar-refractivity contribution in [2.45, 2.75) is 71.5 Å². The van der Waals surface area contributed by atoms with Crippen LogP contribution in [0.1, 0.15) is 59.8 Å². The maximum absolute atomic E-state index is 10.0. The molecule has 3 nitrogen and oxygen atoms in total. The van der Waals surface area contributed by atoms with Crippen LogP contribution in [0.15, 0.2) is 0 Å². The molecule has 1 rings (SSSR count). The lowest BCUT2D eigenvalue weighted by Gasteiger charge is -2.23. The molecule has 1 N–H and O–H groups in total. The number of hydrogen-bond acceptors (Lipinski definition) is 3. The third-order valence-corrected chi connectivity index (χ3v) is 3.76. The molecule has 1 saturated heterocycles. The average molecular weight is 271 g/mol. The topological polar surface area (TPSA) is 32.7 Å². The predicted molar refractivity (Wildman–Crippen MR) is 80.4 cm³/mol. The zero-order chi connectivity index (χ0) is 14.3. The molecule has 0 aromatic rings. The highest BCUT2D eigenvalue weighted by Crippen LogP contribution is 2.22. The summed E-state index contributed by atoms with van der Waals surface area (Å²) < 4.78 is 5.64. The summed E-state index contributed by atoms with van der Waals surface area (Å²) in [5, 5.41) is 10.0. The minimum Gasteiger partial charge on any atom is -0.391 e. The summed E-state index contributed by atoms with van der Waals surface area (Å²) in [6.07, 6.45) is 5.77. The number of nitrogens with zero attached hydrogens (tertiary/aromatic N) is 1. The van der Waals surface area contributed by atoms with Crippen LogP contribution < -0.4 is 0 Å². The Bertz CT molecular complexity index is 237. The molecule has 0 aromatic carbocycles. The summed E-state index contributed by atoms with van der Waals surface area (Å²) in [4.78, 5) is 2.55. The smallest absolute Gasteiger partial charge is 0.0777 e. The van der Waals surface area contributed by atoms with Gasteiger partial charge in [-0.25, -0.2) is 0 Å². The first-order valence-corrected chi connectivity index (χ1v) is 7.95. The first-order chi connectivity index (χ1) is 8.90. The van der Waals surface area contributed by atoms with Crippen molar-refractivity contribution in [2.24, 2.45) is 5.92 Å². The van der Waals surface area contributed by atoms with Crippen molar-refractivity contribution in [2.75, 3.05) is 26.2 Å². The zero-order valence-corrected chi connectivity index (χ0v) is 13.3. The van der Waals surface area contributed by atoms with Gasteiger partial charge in [0, 0.05) is 6.54 Å². The van der Waals surface area contributed by atoms with E-state index in [4.69, 9.17) is 4.74 Å². The van der Waals surface area contributed by atoms with Crippen LogP contribution in [0.3, 0.4) is 0 Å². The van der Waals surface area contributed by atoms with E-state index in [0.29, 0.717) is 12.5 Å². The first kappa shape index (κ1) is 16.9. The van der Waals surface area contributed by atoms with Gasteiger partial charge in [-0.1, -0.05) is 19.8 Å². The van der Waals surface area contributed by atoms with Crippen LogP contribution in [0.4, 0.5) is 0 Å². The van der Waals surface area contributed by atoms with Crippen molar-refractivity contribution in [1.82, 2.24) is 4.90 Å². The van der Waals surface area contributed by atoms with Crippen molar-refractivity contribution >= 4 is 0 Å². The van der Waals surface area contributed by atoms with Gasteiger partial charge in [-0.2, -0.15) is 0 Å². The summed E-state index contributed by atoms with van der Waals surface area (Å²) in [5.74, 6) is 0.653. The molecule has 2 unspecified atom stereocenters. The summed E-state index contributed by atoms with van der Waals surface area (Å²) in [7, 11) is 0. The first-order valence-electron chi connectivity index (χ1n) is 7.95. The molecule has 19 heavy (non-hydrogen) atoms. The van der Waals surface area contributed by atoms with Crippen molar-refractivity contribution < 1.29 is 9.84 Å². The Balaban J connectivity index is 2.13. The van der Waals surface area contributed by atoms with Gasteiger partial charge in [0.05, 0.1) is 18.3 Å². The second-order valence-corrected chi connectivity index (χ2v) is 6.98. The quantitative estimate of drug-likeness (QED) is 0.689. The summed E-state index contributed by atoms with van der Waals surface area (Å²) in [5.41, 5.74) is -0.150. The Morgan fingerprint density at radius 2 is 2.05 bits per heavy atom. The molecule has 0 amide bonds. The third kappa shape index (κ3) is 7.91. The fourth-order valence-electron chi connectivity index (χ4n) is 2.69. The minimum atomic E-state index is -0.306. The number of ether oxygens (including phenoxy) is 1. The summed E-state index contributed by atoms with van der Waals surface area (Å²) >= 11 is 0. The van der Waals surface area contributed by atoms with Gasteiger partial charge in [0.2, 0.25) is 0 Å². The Morgan fingerprint density at radius 3 is 2.68 bits per heavy atom. The van der Waals surface area contributed by atoms with E-state index >= 15 is 0 Å². The fraction of sp³-hybridized carbons (Fsp3) is 1.00. The Hall–Kier alpha value is -0.120. The van der Waals surface area contributed by atoms with Crippen molar-refractivity contribution in [3.8, 4) is 0 Å². The molecule has 3 heteroatoms. The van der Waals surface area contributed by atoms with Gasteiger partial charge in [-0.3, -0.25) is 0 Å². The van der Waals surface area contributed by atoms with E-state index in [0.717, 1.165) is 13.0 Å². The molecule has 0 aromatic heterocycles. The van der Waals surface area contributed by atoms with Crippen LogP contribution in [0.25, 0.3) is 0 Å². The molecule has 1 aliphatic rings. The monoisotopic (exact) mass is 271 g/mol. The van der Waals surface area contributed by atoms with Gasteiger partial charge in [-0.05, 0) is 59.0 Å². The molecule has 1 heterocycles. The lowest BCUT2D eigenvalue weighted by Crippen LogP contribution is -2.28. The van der Waals surface area contributed by atoms with Crippen LogP contribution in [0.2, 0.25) is 0 Å². The number of aliphatic hydroxyl groups is 1. The number of rotatable bonds is 8. The third-order valence-electron chi connectivity index (χ3n) is 3.76. The Labute approximate surface area is 119 Å². The van der Waals surface area contributed by atoms with Gasteiger partial charge >= 0.3 is 0 Å². The fourth-order valence-corrected chi connectivity index (χ4v) is 2.69. The number of likely N-dealkylation sites (tertiary alicyclic amines) is 1. The average Bonchev–Trinajstić information content (AvgIpc) is 2.74. The molecule has 0 bridgehead atoms. The highest BCUT2D eigenvalue weighted by Gasteiger charge is 2.25. The summed E-state index contributed by atoms with van der Waals surface area (Å²) in [6.45, 7) is 12.4. The largest absolute Gasteiger partial charge is 0.391 e. The normalized spacial score (nSPS) is 22.9. The van der Waals surface area contributed by atoms with Gasteiger partial charge < -0.3 is 14.7 Å². The molecule has 2 atom stereocenters. The van der Waals surface area contributed by atoms with E-state index in [1.165, 1.54) is 38.8 Å². The molecular weight excluding hydrogens is 238 g/mol. The van der Waals surface area contributed by atoms with Gasteiger partial charge in [0.15, 0.2) is 0 Å². The lowest BCUT2D eigenvalue weighted by atomic mass is 10.0. The zero-order valence-electron chi connectivity index (χ0n) is 13.3. The van der Waals surface area contributed by atoms with E-state index in [9.17, 15) is 5.11 Å². The van der Waals surface area contributed by atoms with Gasteiger partial charge in [-0.15, -0.1) is 0 Å². The molecule has 1 fully saturated rings. The number of hydrogen-bond donors (Lipinski definition) is 1. The van der Waals surface area contributed by atoms with Crippen LogP contribution in [0.5, 0.6) is 0 Å². The molecule has 0 saturated carbocycles. The van der Waals surface area contributed by atoms with E-state index in [1.54, 1.807) is 0 Å². The van der Waals surface area contributed by atoms with E-state index in [1.807, 2.05) is 20.8 Å². The second kappa shape index (κ2) is 8.23. The SMILES string of the molecule is CCCCCN1CCC(CC(O)COC(C)(C)C)C1. The minimum absolute atomic E-state index is 0.150. The Kier molecular flexibility index (Phi) is 7.33. The molecular formula is C16H33NO2. The van der Waals surface area contributed by atoms with Crippen molar-refractivity contribution in [1.29, 1.82) is 0 Å². The van der Waals surface area contributed by atoms with Crippen molar-refractivity contribution in [3.05, 3.63) is 0 Å². The van der Waals surface area contributed by atoms with Crippen LogP contribution in [-0.4, -0.2) is 48.0 Å². The van der Waals surface area contributed by atoms with E-state index < -0.39 is 0 Å². The van der Waals surface area contributed by atoms with E-state index in [2.05, 4.69) is 11.8 Å². The second-order valence-electron chi connectivity index (χ2n) is 6.98. The maximum atomic E-state index is 10.0. The summed E-state index contributed by atoms with van der Waals surface area (Å²) in [6, 6.07) is 0. The van der Waals surface area contributed by atoms with Crippen LogP contribution >= 0.6 is 0 Å². The standard InChI is InChI=1S/C16H33NO2/c1-5-6-7-9-17-10-8-14(12-17)11-15(18)13-19-16(2,3)4/h14-15,18H,5-13H2,1-4H3. The Morgan fingerprint density at radius 1 is 1.32 bits per heavy atom. The molecule has 114 valence electrons. The van der Waals surface area contributed by atoms with E-state index in [-0.39, 0.29) is 11.7 Å². The lowest BCUT2D eigenvalue weighted by molar-refractivity contribution is -0.0538. The van der Waals surface area contributed by atoms with Crippen LogP contribution in [0, 0.1) is 5.92 Å². The molecule has 0 aliphatic carbocycles. The number of unbranched alkanes of at least 4 members (excludes halogenated alkanes) is 2. The number of aliphatic hydroxyl groups excluding tert-OH is 1. The molecule has 0 radical (unpaired) electrons. The maximum Gasteiger partial charge on any atom is 0.0777 e. The van der Waals surface area contributed by atoms with Gasteiger partial charge in [0.1, 0.15) is 0 Å². The predicted octanol–water partition coefficient (Wildman–Crippen LogP) is 3.06. The van der Waals surface area contributed by atoms with Crippen LogP contribution in [-0.2, 0) is 4.74 Å². The van der Waals surface area contributed by atoms with Crippen molar-refractivity contribution in [3.63, 3.8) is 0 Å². The molecule has 1 aliphatic heterocycles. The van der Waals surface area contributed by atoms with Gasteiger partial charge in [0.25, 0.3) is 0 Å².